The molecule has 1 saturated heterocycles. The summed E-state index contributed by atoms with van der Waals surface area (Å²) in [5.74, 6) is -25.3. The van der Waals surface area contributed by atoms with E-state index in [1.807, 2.05) is 25.7 Å². The normalized spacial score (nSPS) is 28.6. The monoisotopic (exact) mass is 566 g/mol. The van der Waals surface area contributed by atoms with Crippen LogP contribution in [0.15, 0.2) is 0 Å². The second-order valence-electron chi connectivity index (χ2n) is 12.2. The Morgan fingerprint density at radius 2 is 0.974 bits per heavy atom. The molecule has 0 radical (unpaired) electrons. The first-order valence-electron chi connectivity index (χ1n) is 13.2. The van der Waals surface area contributed by atoms with E-state index in [4.69, 9.17) is 0 Å². The largest absolute Gasteiger partial charge is 0.303 e. The third-order valence-electron chi connectivity index (χ3n) is 10.6. The molecule has 4 unspecified atom stereocenters. The summed E-state index contributed by atoms with van der Waals surface area (Å²) in [5.41, 5.74) is -4.28. The molecule has 0 spiro atoms. The second kappa shape index (κ2) is 9.41. The number of fused-ring (bicyclic) bond motifs is 2. The molecule has 2 aliphatic carbocycles. The van der Waals surface area contributed by atoms with E-state index in [1.165, 1.54) is 0 Å². The predicted molar refractivity (Wildman–Crippen MR) is 126 cm³/mol. The van der Waals surface area contributed by atoms with Crippen LogP contribution in [0, 0.1) is 74.9 Å². The average molecular weight is 566 g/mol. The maximum Gasteiger partial charge on any atom is 0.200 e. The van der Waals surface area contributed by atoms with Crippen LogP contribution in [0.5, 0.6) is 0 Å². The summed E-state index contributed by atoms with van der Waals surface area (Å²) < 4.78 is 148. The summed E-state index contributed by atoms with van der Waals surface area (Å²) in [5, 5.41) is 0. The van der Waals surface area contributed by atoms with Crippen molar-refractivity contribution in [2.75, 3.05) is 13.1 Å². The lowest BCUT2D eigenvalue weighted by molar-refractivity contribution is 0.0323. The number of hydrogen-bond donors (Lipinski definition) is 0. The van der Waals surface area contributed by atoms with Gasteiger partial charge in [0.15, 0.2) is 34.9 Å². The van der Waals surface area contributed by atoms with Crippen molar-refractivity contribution in [2.45, 2.75) is 64.7 Å². The highest BCUT2D eigenvalue weighted by atomic mass is 19.2. The number of benzene rings is 2. The Kier molecular flexibility index (Phi) is 6.83. The fourth-order valence-corrected chi connectivity index (χ4v) is 8.53. The predicted octanol–water partition coefficient (Wildman–Crippen LogP) is 6.10. The van der Waals surface area contributed by atoms with Gasteiger partial charge in [0.2, 0.25) is 0 Å². The van der Waals surface area contributed by atoms with E-state index < -0.39 is 104 Å². The molecule has 12 heteroatoms. The first-order valence-corrected chi connectivity index (χ1v) is 13.2. The molecular weight excluding hydrogens is 539 g/mol. The SMILES string of the molecule is CC1(C)C2CCC1(C)C(N1CCCCC1)C2[BH-](c1c(F)c(F)c(F)c(F)c1F)c1c(F)c(F)c(F)c(F)c1F. The van der Waals surface area contributed by atoms with E-state index in [0.717, 1.165) is 19.3 Å². The Morgan fingerprint density at radius 3 is 1.38 bits per heavy atom. The van der Waals surface area contributed by atoms with Crippen molar-refractivity contribution in [1.29, 1.82) is 0 Å². The van der Waals surface area contributed by atoms with E-state index in [2.05, 4.69) is 0 Å². The van der Waals surface area contributed by atoms with E-state index in [-0.39, 0.29) is 0 Å². The minimum Gasteiger partial charge on any atom is -0.303 e. The molecule has 2 saturated carbocycles. The maximum absolute atomic E-state index is 15.4. The molecule has 39 heavy (non-hydrogen) atoms. The van der Waals surface area contributed by atoms with Crippen LogP contribution in [-0.2, 0) is 0 Å². The van der Waals surface area contributed by atoms with Gasteiger partial charge in [-0.3, -0.25) is 0 Å². The van der Waals surface area contributed by atoms with Crippen LogP contribution < -0.4 is 10.9 Å². The van der Waals surface area contributed by atoms with Gasteiger partial charge in [0.05, 0.1) is 6.71 Å². The number of likely N-dealkylation sites (tertiary alicyclic amines) is 1. The van der Waals surface area contributed by atoms with Crippen LogP contribution >= 0.6 is 0 Å². The summed E-state index contributed by atoms with van der Waals surface area (Å²) in [7, 11) is 0. The standard InChI is InChI=1S/C27H27BF10N/c1-26(2)11-7-8-27(26,3)25(39-9-5-4-6-10-39)12(11)28(13-15(29)19(33)23(37)20(34)16(13)30)14-17(31)21(35)24(38)22(36)18(14)32/h11-12,25,28H,4-10H2,1-3H3/q-1. The first-order chi connectivity index (χ1) is 18.2. The molecular formula is C27H27BF10N-. The number of rotatable bonds is 4. The lowest BCUT2D eigenvalue weighted by Gasteiger charge is -2.52. The topological polar surface area (TPSA) is 3.24 Å². The Bertz CT molecular complexity index is 1210. The summed E-state index contributed by atoms with van der Waals surface area (Å²) in [6.45, 7) is 3.08. The lowest BCUT2D eigenvalue weighted by atomic mass is 9.29. The van der Waals surface area contributed by atoms with Gasteiger partial charge in [-0.15, -0.1) is 16.7 Å². The minimum absolute atomic E-state index is 0.396. The van der Waals surface area contributed by atoms with Gasteiger partial charge in [-0.2, -0.15) is 0 Å². The van der Waals surface area contributed by atoms with Crippen molar-refractivity contribution >= 4 is 17.6 Å². The summed E-state index contributed by atoms with van der Waals surface area (Å²) >= 11 is 0. The number of hydrogen-bond acceptors (Lipinski definition) is 1. The van der Waals surface area contributed by atoms with Gasteiger partial charge in [0.25, 0.3) is 0 Å². The molecule has 3 aliphatic rings. The number of halogens is 10. The summed E-state index contributed by atoms with van der Waals surface area (Å²) in [4.78, 5) is 2.01. The molecule has 0 aromatic heterocycles. The van der Waals surface area contributed by atoms with Crippen molar-refractivity contribution < 1.29 is 43.9 Å². The van der Waals surface area contributed by atoms with Crippen molar-refractivity contribution in [2.24, 2.45) is 16.7 Å². The van der Waals surface area contributed by atoms with E-state index in [9.17, 15) is 26.3 Å². The fraction of sp³-hybridized carbons (Fsp3) is 0.556. The maximum atomic E-state index is 15.4. The van der Waals surface area contributed by atoms with Crippen LogP contribution in [0.1, 0.15) is 52.9 Å². The molecule has 2 aromatic carbocycles. The van der Waals surface area contributed by atoms with Crippen LogP contribution in [0.2, 0.25) is 5.82 Å². The third kappa shape index (κ3) is 3.71. The zero-order valence-corrected chi connectivity index (χ0v) is 21.6. The lowest BCUT2D eigenvalue weighted by Crippen LogP contribution is -2.61. The molecule has 1 aliphatic heterocycles. The van der Waals surface area contributed by atoms with E-state index in [0.29, 0.717) is 25.9 Å². The highest BCUT2D eigenvalue weighted by Gasteiger charge is 2.66. The van der Waals surface area contributed by atoms with Gasteiger partial charge in [-0.25, -0.2) is 43.9 Å². The fourth-order valence-electron chi connectivity index (χ4n) is 8.53. The molecule has 0 N–H and O–H groups in total. The van der Waals surface area contributed by atoms with Gasteiger partial charge in [-0.1, -0.05) is 39.5 Å². The summed E-state index contributed by atoms with van der Waals surface area (Å²) in [6.07, 6.45) is 3.39. The van der Waals surface area contributed by atoms with Gasteiger partial charge in [0, 0.05) is 0 Å². The minimum atomic E-state index is -3.61. The molecule has 3 fully saturated rings. The van der Waals surface area contributed by atoms with Crippen molar-refractivity contribution in [1.82, 2.24) is 4.90 Å². The highest BCUT2D eigenvalue weighted by molar-refractivity contribution is 6.86. The zero-order chi connectivity index (χ0) is 28.8. The average Bonchev–Trinajstić information content (AvgIpc) is 3.25. The highest BCUT2D eigenvalue weighted by Crippen LogP contribution is 2.71. The number of nitrogens with zero attached hydrogens (tertiary/aromatic N) is 1. The molecule has 0 amide bonds. The Balaban J connectivity index is 1.88. The van der Waals surface area contributed by atoms with Gasteiger partial charge in [0.1, 0.15) is 23.3 Å². The van der Waals surface area contributed by atoms with E-state index >= 15 is 17.6 Å². The smallest absolute Gasteiger partial charge is 0.200 e. The van der Waals surface area contributed by atoms with Crippen molar-refractivity contribution in [3.05, 3.63) is 58.2 Å². The number of piperidine rings is 1. The first kappa shape index (κ1) is 28.3. The van der Waals surface area contributed by atoms with Gasteiger partial charge < -0.3 is 4.90 Å². The Hall–Kier alpha value is -2.24. The van der Waals surface area contributed by atoms with Crippen molar-refractivity contribution in [3.8, 4) is 0 Å². The van der Waals surface area contributed by atoms with Gasteiger partial charge >= 0.3 is 0 Å². The molecule has 1 heterocycles. The van der Waals surface area contributed by atoms with Crippen LogP contribution in [0.4, 0.5) is 43.9 Å². The van der Waals surface area contributed by atoms with Crippen LogP contribution in [-0.4, -0.2) is 30.7 Å². The Morgan fingerprint density at radius 1 is 0.590 bits per heavy atom. The molecule has 5 rings (SSSR count). The van der Waals surface area contributed by atoms with Crippen LogP contribution in [0.3, 0.4) is 0 Å². The Labute approximate surface area is 219 Å². The zero-order valence-electron chi connectivity index (χ0n) is 21.6. The van der Waals surface area contributed by atoms with Crippen LogP contribution in [0.25, 0.3) is 0 Å². The molecule has 214 valence electrons. The van der Waals surface area contributed by atoms with Gasteiger partial charge in [-0.05, 0) is 49.2 Å². The molecule has 2 aromatic rings. The quantitative estimate of drug-likeness (QED) is 0.187. The molecule has 4 atom stereocenters. The van der Waals surface area contributed by atoms with E-state index in [1.54, 1.807) is 0 Å². The summed E-state index contributed by atoms with van der Waals surface area (Å²) in [6, 6.07) is -0.656. The third-order valence-corrected chi connectivity index (χ3v) is 10.6. The molecule has 1 nitrogen and oxygen atoms in total. The van der Waals surface area contributed by atoms with Crippen molar-refractivity contribution in [3.63, 3.8) is 0 Å². The molecule has 2 bridgehead atoms. The second-order valence-corrected chi connectivity index (χ2v) is 12.2.